The highest BCUT2D eigenvalue weighted by atomic mass is 79.9. The van der Waals surface area contributed by atoms with Gasteiger partial charge < -0.3 is 4.74 Å². The van der Waals surface area contributed by atoms with Gasteiger partial charge in [-0.3, -0.25) is 10.1 Å². The Morgan fingerprint density at radius 2 is 1.95 bits per heavy atom. The summed E-state index contributed by atoms with van der Waals surface area (Å²) in [6, 6.07) is 10.00. The molecule has 0 aromatic heterocycles. The van der Waals surface area contributed by atoms with Crippen molar-refractivity contribution in [2.75, 3.05) is 0 Å². The third-order valence-electron chi connectivity index (χ3n) is 2.73. The number of ether oxygens (including phenoxy) is 1. The predicted molar refractivity (Wildman–Crippen MR) is 82.0 cm³/mol. The Morgan fingerprint density at radius 3 is 2.55 bits per heavy atom. The lowest BCUT2D eigenvalue weighted by molar-refractivity contribution is -0.385. The Kier molecular flexibility index (Phi) is 4.62. The van der Waals surface area contributed by atoms with Crippen molar-refractivity contribution in [1.82, 2.24) is 0 Å². The van der Waals surface area contributed by atoms with E-state index in [9.17, 15) is 10.1 Å². The molecule has 0 aliphatic heterocycles. The molecule has 0 N–H and O–H groups in total. The Hall–Kier alpha value is -1.59. The highest BCUT2D eigenvalue weighted by Crippen LogP contribution is 2.35. The fourth-order valence-electron chi connectivity index (χ4n) is 1.75. The van der Waals surface area contributed by atoms with Crippen LogP contribution in [0.1, 0.15) is 11.1 Å². The van der Waals surface area contributed by atoms with Crippen LogP contribution in [0.25, 0.3) is 0 Å². The summed E-state index contributed by atoms with van der Waals surface area (Å²) in [5, 5.41) is 12.1. The molecule has 0 saturated carbocycles. The average molecular weight is 357 g/mol. The van der Waals surface area contributed by atoms with E-state index in [1.54, 1.807) is 12.1 Å². The number of hydrogen-bond donors (Lipinski definition) is 0. The molecule has 0 unspecified atom stereocenters. The molecule has 2 rings (SSSR count). The zero-order valence-corrected chi connectivity index (χ0v) is 12.9. The maximum Gasteiger partial charge on any atom is 0.313 e. The maximum absolute atomic E-state index is 11.0. The lowest BCUT2D eigenvalue weighted by Crippen LogP contribution is -1.95. The number of nitro groups is 1. The first-order valence-electron chi connectivity index (χ1n) is 5.78. The Morgan fingerprint density at radius 1 is 1.25 bits per heavy atom. The van der Waals surface area contributed by atoms with Crippen LogP contribution < -0.4 is 4.74 Å². The van der Waals surface area contributed by atoms with Gasteiger partial charge in [-0.1, -0.05) is 39.7 Å². The smallest absolute Gasteiger partial charge is 0.313 e. The third kappa shape index (κ3) is 3.29. The van der Waals surface area contributed by atoms with E-state index in [1.807, 2.05) is 19.1 Å². The molecule has 0 aliphatic carbocycles. The van der Waals surface area contributed by atoms with Gasteiger partial charge in [0.15, 0.2) is 0 Å². The zero-order valence-electron chi connectivity index (χ0n) is 10.6. The molecular formula is C14H11BrClNO3. The van der Waals surface area contributed by atoms with Crippen molar-refractivity contribution < 1.29 is 9.66 Å². The fourth-order valence-corrected chi connectivity index (χ4v) is 2.26. The van der Waals surface area contributed by atoms with E-state index >= 15 is 0 Å². The van der Waals surface area contributed by atoms with Crippen LogP contribution in [0.3, 0.4) is 0 Å². The molecule has 6 heteroatoms. The maximum atomic E-state index is 11.0. The van der Waals surface area contributed by atoms with E-state index in [0.29, 0.717) is 10.8 Å². The molecule has 0 bridgehead atoms. The van der Waals surface area contributed by atoms with E-state index in [-0.39, 0.29) is 11.4 Å². The molecule has 20 heavy (non-hydrogen) atoms. The number of benzene rings is 2. The Bertz CT molecular complexity index is 661. The van der Waals surface area contributed by atoms with Crippen LogP contribution in [0.2, 0.25) is 5.02 Å². The fraction of sp³-hybridized carbons (Fsp3) is 0.143. The van der Waals surface area contributed by atoms with Gasteiger partial charge in [0.05, 0.1) is 4.92 Å². The third-order valence-corrected chi connectivity index (χ3v) is 3.61. The van der Waals surface area contributed by atoms with Crippen molar-refractivity contribution in [3.63, 3.8) is 0 Å². The van der Waals surface area contributed by atoms with Crippen LogP contribution in [-0.2, 0) is 5.33 Å². The molecule has 0 amide bonds. The molecule has 2 aromatic carbocycles. The zero-order chi connectivity index (χ0) is 14.7. The van der Waals surface area contributed by atoms with Gasteiger partial charge in [-0.25, -0.2) is 0 Å². The number of nitro benzene ring substituents is 1. The molecule has 0 spiro atoms. The number of nitrogens with zero attached hydrogens (tertiary/aromatic N) is 1. The van der Waals surface area contributed by atoms with Crippen LogP contribution in [0.5, 0.6) is 11.5 Å². The normalized spacial score (nSPS) is 10.3. The summed E-state index contributed by atoms with van der Waals surface area (Å²) in [5.74, 6) is 0.759. The highest BCUT2D eigenvalue weighted by molar-refractivity contribution is 9.08. The van der Waals surface area contributed by atoms with Gasteiger partial charge in [-0.15, -0.1) is 0 Å². The molecule has 0 saturated heterocycles. The predicted octanol–water partition coefficient (Wildman–Crippen LogP) is 5.24. The first-order chi connectivity index (χ1) is 9.51. The van der Waals surface area contributed by atoms with Gasteiger partial charge >= 0.3 is 5.69 Å². The Balaban J connectivity index is 2.37. The summed E-state index contributed by atoms with van der Waals surface area (Å²) in [6.07, 6.45) is 0. The molecule has 0 atom stereocenters. The van der Waals surface area contributed by atoms with E-state index < -0.39 is 4.92 Å². The molecule has 0 heterocycles. The SMILES string of the molecule is Cc1cc(CBr)ccc1Oc1ccc(Cl)cc1[N+](=O)[O-]. The van der Waals surface area contributed by atoms with Crippen LogP contribution in [-0.4, -0.2) is 4.92 Å². The quantitative estimate of drug-likeness (QED) is 0.427. The van der Waals surface area contributed by atoms with Crippen LogP contribution in [0, 0.1) is 17.0 Å². The van der Waals surface area contributed by atoms with E-state index in [2.05, 4.69) is 15.9 Å². The van der Waals surface area contributed by atoms with E-state index in [1.165, 1.54) is 12.1 Å². The van der Waals surface area contributed by atoms with E-state index in [0.717, 1.165) is 16.5 Å². The van der Waals surface area contributed by atoms with Crippen LogP contribution in [0.4, 0.5) is 5.69 Å². The van der Waals surface area contributed by atoms with Crippen LogP contribution >= 0.6 is 27.5 Å². The van der Waals surface area contributed by atoms with Crippen molar-refractivity contribution in [1.29, 1.82) is 0 Å². The highest BCUT2D eigenvalue weighted by Gasteiger charge is 2.17. The first-order valence-corrected chi connectivity index (χ1v) is 7.28. The van der Waals surface area contributed by atoms with Gasteiger partial charge in [0.25, 0.3) is 0 Å². The molecule has 2 aromatic rings. The molecule has 0 fully saturated rings. The standard InChI is InChI=1S/C14H11BrClNO3/c1-9-6-10(8-15)2-4-13(9)20-14-5-3-11(16)7-12(14)17(18)19/h2-7H,8H2,1H3. The number of halogens is 2. The average Bonchev–Trinajstić information content (AvgIpc) is 2.42. The monoisotopic (exact) mass is 355 g/mol. The summed E-state index contributed by atoms with van der Waals surface area (Å²) < 4.78 is 5.64. The van der Waals surface area contributed by atoms with Gasteiger partial charge in [-0.05, 0) is 36.2 Å². The second kappa shape index (κ2) is 6.24. The van der Waals surface area contributed by atoms with Crippen LogP contribution in [0.15, 0.2) is 36.4 Å². The molecular weight excluding hydrogens is 346 g/mol. The molecule has 104 valence electrons. The summed E-state index contributed by atoms with van der Waals surface area (Å²) in [6.45, 7) is 1.89. The van der Waals surface area contributed by atoms with Gasteiger partial charge in [-0.2, -0.15) is 0 Å². The van der Waals surface area contributed by atoms with Crippen molar-refractivity contribution in [3.05, 3.63) is 62.7 Å². The van der Waals surface area contributed by atoms with Gasteiger partial charge in [0.2, 0.25) is 5.75 Å². The van der Waals surface area contributed by atoms with E-state index in [4.69, 9.17) is 16.3 Å². The minimum absolute atomic E-state index is 0.151. The summed E-state index contributed by atoms with van der Waals surface area (Å²) >= 11 is 9.15. The lowest BCUT2D eigenvalue weighted by Gasteiger charge is -2.10. The van der Waals surface area contributed by atoms with Gasteiger partial charge in [0, 0.05) is 16.4 Å². The summed E-state index contributed by atoms with van der Waals surface area (Å²) in [4.78, 5) is 10.5. The lowest BCUT2D eigenvalue weighted by atomic mass is 10.1. The van der Waals surface area contributed by atoms with Crippen molar-refractivity contribution >= 4 is 33.2 Å². The first kappa shape index (κ1) is 14.8. The second-order valence-electron chi connectivity index (χ2n) is 4.20. The number of hydrogen-bond acceptors (Lipinski definition) is 3. The number of alkyl halides is 1. The van der Waals surface area contributed by atoms with Crippen molar-refractivity contribution in [3.8, 4) is 11.5 Å². The molecule has 0 aliphatic rings. The number of rotatable bonds is 4. The summed E-state index contributed by atoms with van der Waals surface area (Å²) in [5.41, 5.74) is 1.87. The molecule has 0 radical (unpaired) electrons. The van der Waals surface area contributed by atoms with Crippen molar-refractivity contribution in [2.45, 2.75) is 12.3 Å². The topological polar surface area (TPSA) is 52.4 Å². The van der Waals surface area contributed by atoms with Gasteiger partial charge in [0.1, 0.15) is 5.75 Å². The minimum atomic E-state index is -0.511. The minimum Gasteiger partial charge on any atom is -0.450 e. The number of aryl methyl sites for hydroxylation is 1. The second-order valence-corrected chi connectivity index (χ2v) is 5.20. The Labute approximate surface area is 129 Å². The largest absolute Gasteiger partial charge is 0.450 e. The van der Waals surface area contributed by atoms with Crippen molar-refractivity contribution in [2.24, 2.45) is 0 Å². The molecule has 4 nitrogen and oxygen atoms in total. The summed E-state index contributed by atoms with van der Waals surface area (Å²) in [7, 11) is 0.